The molecule has 0 aliphatic heterocycles. The minimum Gasteiger partial charge on any atom is -0.456 e. The third-order valence-electron chi connectivity index (χ3n) is 2.81. The number of hydrogen-bond donors (Lipinski definition) is 0. The Hall–Kier alpha value is -2.06. The Labute approximate surface area is 156 Å². The summed E-state index contributed by atoms with van der Waals surface area (Å²) in [6, 6.07) is 2.32. The van der Waals surface area contributed by atoms with Gasteiger partial charge in [-0.1, -0.05) is 15.9 Å². The third kappa shape index (κ3) is 5.05. The molecular weight excluding hydrogens is 490 g/mol. The van der Waals surface area contributed by atoms with Crippen LogP contribution in [-0.4, -0.2) is 36.1 Å². The molecule has 0 unspecified atom stereocenters. The van der Waals surface area contributed by atoms with Gasteiger partial charge in [-0.05, 0) is 18.2 Å². The van der Waals surface area contributed by atoms with Gasteiger partial charge in [0.15, 0.2) is 0 Å². The molecule has 0 radical (unpaired) electrons. The average molecular weight is 495 g/mol. The summed E-state index contributed by atoms with van der Waals surface area (Å²) in [7, 11) is 0. The first-order valence-electron chi connectivity index (χ1n) is 6.48. The molecule has 0 aliphatic rings. The van der Waals surface area contributed by atoms with Gasteiger partial charge >= 0.3 is 36.1 Å². The zero-order valence-corrected chi connectivity index (χ0v) is 14.3. The number of carbonyl (C=O) groups excluding carboxylic acids is 2. The van der Waals surface area contributed by atoms with Gasteiger partial charge in [0.25, 0.3) is 0 Å². The fourth-order valence-corrected chi connectivity index (χ4v) is 1.80. The molecule has 0 N–H and O–H groups in total. The van der Waals surface area contributed by atoms with Crippen molar-refractivity contribution in [1.82, 2.24) is 0 Å². The number of halogens is 11. The Balaban J connectivity index is 3.06. The predicted molar refractivity (Wildman–Crippen MR) is 71.6 cm³/mol. The molecule has 15 heteroatoms. The molecule has 0 aliphatic carbocycles. The highest BCUT2D eigenvalue weighted by molar-refractivity contribution is 9.10. The minimum atomic E-state index is -6.32. The lowest BCUT2D eigenvalue weighted by molar-refractivity contribution is -0.281. The van der Waals surface area contributed by atoms with Gasteiger partial charge in [-0.25, -0.2) is 9.59 Å². The number of carbonyl (C=O) groups is 2. The maximum Gasteiger partial charge on any atom is 0.465 e. The predicted octanol–water partition coefficient (Wildman–Crippen LogP) is 4.79. The van der Waals surface area contributed by atoms with Crippen LogP contribution in [0.5, 0.6) is 5.75 Å². The summed E-state index contributed by atoms with van der Waals surface area (Å²) in [6.07, 6.45) is -12.6. The Kier molecular flexibility index (Phi) is 6.64. The zero-order valence-electron chi connectivity index (χ0n) is 12.7. The summed E-state index contributed by atoms with van der Waals surface area (Å²) >= 11 is 2.77. The van der Waals surface area contributed by atoms with E-state index in [1.165, 1.54) is 0 Å². The average Bonchev–Trinajstić information content (AvgIpc) is 2.52. The van der Waals surface area contributed by atoms with Crippen LogP contribution in [0.4, 0.5) is 43.9 Å². The van der Waals surface area contributed by atoms with Gasteiger partial charge in [0.1, 0.15) is 12.4 Å². The highest BCUT2D eigenvalue weighted by atomic mass is 79.9. The van der Waals surface area contributed by atoms with Crippen molar-refractivity contribution in [2.24, 2.45) is 0 Å². The van der Waals surface area contributed by atoms with Gasteiger partial charge < -0.3 is 9.47 Å². The lowest BCUT2D eigenvalue weighted by Crippen LogP contribution is -2.46. The second kappa shape index (κ2) is 7.75. The Bertz CT molecular complexity index is 757. The van der Waals surface area contributed by atoms with Gasteiger partial charge in [0.2, 0.25) is 0 Å². The highest BCUT2D eigenvalue weighted by Crippen LogP contribution is 2.38. The van der Waals surface area contributed by atoms with Crippen molar-refractivity contribution in [3.05, 3.63) is 28.2 Å². The number of alkyl halides is 10. The largest absolute Gasteiger partial charge is 0.465 e. The second-order valence-electron chi connectivity index (χ2n) is 4.86. The van der Waals surface area contributed by atoms with Crippen LogP contribution in [0.25, 0.3) is 0 Å². The fourth-order valence-electron chi connectivity index (χ4n) is 1.39. The number of hydrogen-bond acceptors (Lipinski definition) is 4. The van der Waals surface area contributed by atoms with Crippen molar-refractivity contribution in [3.8, 4) is 5.75 Å². The van der Waals surface area contributed by atoms with E-state index in [0.717, 1.165) is 12.1 Å². The standard InChI is InChI=1S/C13H5BrF10O4/c14-6-1-2-7(28-9(26)11(17,18)13(22,23)24)5(3-6)4-27-8(25)10(15,16)12(19,20)21/h1-3H,4H2. The van der Waals surface area contributed by atoms with Gasteiger partial charge in [0, 0.05) is 10.0 Å². The van der Waals surface area contributed by atoms with Gasteiger partial charge in [0.05, 0.1) is 0 Å². The van der Waals surface area contributed by atoms with Gasteiger partial charge in [-0.2, -0.15) is 43.9 Å². The molecule has 28 heavy (non-hydrogen) atoms. The van der Waals surface area contributed by atoms with Crippen molar-refractivity contribution in [2.45, 2.75) is 30.8 Å². The van der Waals surface area contributed by atoms with Crippen molar-refractivity contribution >= 4 is 27.9 Å². The van der Waals surface area contributed by atoms with Crippen LogP contribution < -0.4 is 4.74 Å². The molecule has 0 aromatic heterocycles. The lowest BCUT2D eigenvalue weighted by Gasteiger charge is -2.20. The van der Waals surface area contributed by atoms with Crippen LogP contribution in [-0.2, 0) is 20.9 Å². The maximum atomic E-state index is 12.9. The summed E-state index contributed by atoms with van der Waals surface area (Å²) in [5, 5.41) is 0. The second-order valence-corrected chi connectivity index (χ2v) is 5.78. The number of ether oxygens (including phenoxy) is 2. The molecular formula is C13H5BrF10O4. The van der Waals surface area contributed by atoms with Crippen molar-refractivity contribution in [1.29, 1.82) is 0 Å². The van der Waals surface area contributed by atoms with E-state index in [9.17, 15) is 53.5 Å². The lowest BCUT2D eigenvalue weighted by atomic mass is 10.2. The first kappa shape index (κ1) is 24.0. The molecule has 1 aromatic rings. The number of esters is 2. The molecule has 0 spiro atoms. The molecule has 0 bridgehead atoms. The fraction of sp³-hybridized carbons (Fsp3) is 0.385. The van der Waals surface area contributed by atoms with Crippen molar-refractivity contribution < 1.29 is 63.0 Å². The molecule has 0 amide bonds. The SMILES string of the molecule is O=C(OCc1cc(Br)ccc1OC(=O)C(F)(F)C(F)(F)F)C(F)(F)C(F)(F)F. The summed E-state index contributed by atoms with van der Waals surface area (Å²) in [6.45, 7) is -1.47. The summed E-state index contributed by atoms with van der Waals surface area (Å²) in [4.78, 5) is 22.0. The summed E-state index contributed by atoms with van der Waals surface area (Å²) < 4.78 is 131. The van der Waals surface area contributed by atoms with Gasteiger partial charge in [-0.15, -0.1) is 0 Å². The van der Waals surface area contributed by atoms with Gasteiger partial charge in [-0.3, -0.25) is 0 Å². The van der Waals surface area contributed by atoms with Crippen LogP contribution in [0.1, 0.15) is 5.56 Å². The minimum absolute atomic E-state index is 0.00325. The quantitative estimate of drug-likeness (QED) is 0.335. The molecule has 0 saturated heterocycles. The van der Waals surface area contributed by atoms with Crippen LogP contribution in [0.2, 0.25) is 0 Å². The Morgan fingerprint density at radius 1 is 0.821 bits per heavy atom. The van der Waals surface area contributed by atoms with E-state index in [0.29, 0.717) is 6.07 Å². The normalized spacial score (nSPS) is 13.2. The van der Waals surface area contributed by atoms with E-state index in [2.05, 4.69) is 25.4 Å². The first-order chi connectivity index (χ1) is 12.4. The Morgan fingerprint density at radius 3 is 1.75 bits per heavy atom. The van der Waals surface area contributed by atoms with E-state index >= 15 is 0 Å². The molecule has 1 rings (SSSR count). The molecule has 4 nitrogen and oxygen atoms in total. The molecule has 1 aromatic carbocycles. The molecule has 0 saturated carbocycles. The van der Waals surface area contributed by atoms with Crippen LogP contribution >= 0.6 is 15.9 Å². The number of benzene rings is 1. The Morgan fingerprint density at radius 2 is 1.29 bits per heavy atom. The molecule has 0 fully saturated rings. The van der Waals surface area contributed by atoms with Crippen LogP contribution in [0, 0.1) is 0 Å². The smallest absolute Gasteiger partial charge is 0.456 e. The van der Waals surface area contributed by atoms with Crippen molar-refractivity contribution in [2.75, 3.05) is 0 Å². The van der Waals surface area contributed by atoms with Crippen molar-refractivity contribution in [3.63, 3.8) is 0 Å². The van der Waals surface area contributed by atoms with Crippen LogP contribution in [0.3, 0.4) is 0 Å². The van der Waals surface area contributed by atoms with Crippen LogP contribution in [0.15, 0.2) is 22.7 Å². The maximum absolute atomic E-state index is 12.9. The summed E-state index contributed by atoms with van der Waals surface area (Å²) in [5.74, 6) is -19.1. The summed E-state index contributed by atoms with van der Waals surface area (Å²) in [5.41, 5.74) is -0.757. The monoisotopic (exact) mass is 494 g/mol. The number of rotatable bonds is 5. The zero-order chi connectivity index (χ0) is 22.1. The topological polar surface area (TPSA) is 52.6 Å². The van der Waals surface area contributed by atoms with E-state index in [1.807, 2.05) is 0 Å². The molecule has 0 heterocycles. The highest BCUT2D eigenvalue weighted by Gasteiger charge is 2.66. The first-order valence-corrected chi connectivity index (χ1v) is 7.27. The third-order valence-corrected chi connectivity index (χ3v) is 3.30. The van der Waals surface area contributed by atoms with E-state index < -0.39 is 54.1 Å². The van der Waals surface area contributed by atoms with E-state index in [1.54, 1.807) is 0 Å². The molecule has 158 valence electrons. The van der Waals surface area contributed by atoms with E-state index in [4.69, 9.17) is 0 Å². The van der Waals surface area contributed by atoms with E-state index in [-0.39, 0.29) is 4.47 Å². The molecule has 0 atom stereocenters.